The van der Waals surface area contributed by atoms with Gasteiger partial charge in [0.1, 0.15) is 17.8 Å². The van der Waals surface area contributed by atoms with Crippen molar-refractivity contribution >= 4 is 5.97 Å². The zero-order valence-electron chi connectivity index (χ0n) is 12.0. The fourth-order valence-corrected chi connectivity index (χ4v) is 1.72. The van der Waals surface area contributed by atoms with Crippen molar-refractivity contribution in [3.63, 3.8) is 0 Å². The number of carbonyl (C=O) groups is 1. The number of ether oxygens (including phenoxy) is 2. The number of unbranched alkanes of at least 4 members (excludes halogenated alkanes) is 2. The number of aromatic nitrogens is 2. The summed E-state index contributed by atoms with van der Waals surface area (Å²) in [5.74, 6) is 0.724. The van der Waals surface area contributed by atoms with Crippen LogP contribution in [0.25, 0.3) is 0 Å². The minimum absolute atomic E-state index is 0.227. The molecule has 21 heavy (non-hydrogen) atoms. The van der Waals surface area contributed by atoms with Crippen molar-refractivity contribution in [1.82, 2.24) is 9.97 Å². The van der Waals surface area contributed by atoms with Crippen LogP contribution in [0.5, 0.6) is 11.5 Å². The van der Waals surface area contributed by atoms with Crippen LogP contribution >= 0.6 is 0 Å². The molecule has 0 bridgehead atoms. The Bertz CT molecular complexity index is 555. The minimum Gasteiger partial charge on any atom is -0.494 e. The van der Waals surface area contributed by atoms with Crippen molar-refractivity contribution in [2.24, 2.45) is 0 Å². The molecule has 0 N–H and O–H groups in total. The van der Waals surface area contributed by atoms with Gasteiger partial charge < -0.3 is 9.47 Å². The van der Waals surface area contributed by atoms with Gasteiger partial charge in [0.15, 0.2) is 5.69 Å². The fourth-order valence-electron chi connectivity index (χ4n) is 1.72. The van der Waals surface area contributed by atoms with Gasteiger partial charge in [-0.1, -0.05) is 19.8 Å². The first kappa shape index (κ1) is 15.0. The van der Waals surface area contributed by atoms with Crippen LogP contribution in [-0.4, -0.2) is 22.5 Å². The van der Waals surface area contributed by atoms with Gasteiger partial charge in [-0.25, -0.2) is 14.8 Å². The van der Waals surface area contributed by atoms with Crippen LogP contribution < -0.4 is 9.47 Å². The predicted octanol–water partition coefficient (Wildman–Crippen LogP) is 3.26. The molecule has 0 unspecified atom stereocenters. The molecule has 0 aliphatic heterocycles. The lowest BCUT2D eigenvalue weighted by atomic mass is 10.3. The molecule has 0 saturated carbocycles. The molecule has 0 atom stereocenters. The summed E-state index contributed by atoms with van der Waals surface area (Å²) in [7, 11) is 0. The number of hydrogen-bond acceptors (Lipinski definition) is 5. The third-order valence-corrected chi connectivity index (χ3v) is 2.84. The van der Waals surface area contributed by atoms with E-state index < -0.39 is 5.97 Å². The summed E-state index contributed by atoms with van der Waals surface area (Å²) in [5, 5.41) is 0. The summed E-state index contributed by atoms with van der Waals surface area (Å²) < 4.78 is 10.8. The summed E-state index contributed by atoms with van der Waals surface area (Å²) >= 11 is 0. The van der Waals surface area contributed by atoms with E-state index in [1.54, 1.807) is 24.3 Å². The molecule has 0 saturated heterocycles. The Morgan fingerprint density at radius 1 is 1.10 bits per heavy atom. The molecule has 110 valence electrons. The Hall–Kier alpha value is -2.43. The van der Waals surface area contributed by atoms with E-state index in [2.05, 4.69) is 16.9 Å². The number of carbonyl (C=O) groups excluding carboxylic acids is 1. The Balaban J connectivity index is 1.86. The Kier molecular flexibility index (Phi) is 5.70. The molecule has 0 aliphatic carbocycles. The van der Waals surface area contributed by atoms with Crippen molar-refractivity contribution in [2.75, 3.05) is 6.61 Å². The second kappa shape index (κ2) is 7.99. The molecule has 2 rings (SSSR count). The molecule has 1 heterocycles. The molecule has 2 aromatic rings. The highest BCUT2D eigenvalue weighted by atomic mass is 16.5. The predicted molar refractivity (Wildman–Crippen MR) is 78.5 cm³/mol. The Morgan fingerprint density at radius 3 is 2.52 bits per heavy atom. The van der Waals surface area contributed by atoms with Crippen LogP contribution in [0.4, 0.5) is 0 Å². The molecule has 5 heteroatoms. The van der Waals surface area contributed by atoms with Crippen LogP contribution in [0, 0.1) is 0 Å². The first-order valence-electron chi connectivity index (χ1n) is 7.00. The summed E-state index contributed by atoms with van der Waals surface area (Å²) in [6, 6.07) is 8.49. The van der Waals surface area contributed by atoms with Crippen LogP contribution in [0.1, 0.15) is 36.7 Å². The lowest BCUT2D eigenvalue weighted by molar-refractivity contribution is 0.0728. The van der Waals surface area contributed by atoms with Gasteiger partial charge in [0.05, 0.1) is 6.61 Å². The maximum absolute atomic E-state index is 11.8. The van der Waals surface area contributed by atoms with Crippen molar-refractivity contribution in [1.29, 1.82) is 0 Å². The fraction of sp³-hybridized carbons (Fsp3) is 0.312. The van der Waals surface area contributed by atoms with Gasteiger partial charge in [0.2, 0.25) is 0 Å². The van der Waals surface area contributed by atoms with Crippen molar-refractivity contribution in [3.05, 3.63) is 48.5 Å². The van der Waals surface area contributed by atoms with Crippen molar-refractivity contribution in [2.45, 2.75) is 26.2 Å². The molecule has 0 radical (unpaired) electrons. The maximum atomic E-state index is 11.8. The first-order valence-corrected chi connectivity index (χ1v) is 7.00. The van der Waals surface area contributed by atoms with Crippen LogP contribution in [0.15, 0.2) is 42.9 Å². The second-order valence-electron chi connectivity index (χ2n) is 4.51. The average Bonchev–Trinajstić information content (AvgIpc) is 2.54. The standard InChI is InChI=1S/C16H18N2O3/c1-2-3-4-11-20-13-5-7-14(8-6-13)21-16(19)15-9-10-17-12-18-15/h5-10,12H,2-4,11H2,1H3. The molecular formula is C16H18N2O3. The van der Waals surface area contributed by atoms with Crippen LogP contribution in [0.3, 0.4) is 0 Å². The van der Waals surface area contributed by atoms with E-state index >= 15 is 0 Å². The summed E-state index contributed by atoms with van der Waals surface area (Å²) in [6.45, 7) is 2.86. The third-order valence-electron chi connectivity index (χ3n) is 2.84. The van der Waals surface area contributed by atoms with E-state index in [1.165, 1.54) is 25.0 Å². The van der Waals surface area contributed by atoms with Gasteiger partial charge in [0.25, 0.3) is 0 Å². The highest BCUT2D eigenvalue weighted by Crippen LogP contribution is 2.18. The highest BCUT2D eigenvalue weighted by molar-refractivity contribution is 5.88. The van der Waals surface area contributed by atoms with E-state index in [4.69, 9.17) is 9.47 Å². The highest BCUT2D eigenvalue weighted by Gasteiger charge is 2.09. The van der Waals surface area contributed by atoms with Gasteiger partial charge in [-0.05, 0) is 36.8 Å². The minimum atomic E-state index is -0.506. The van der Waals surface area contributed by atoms with Gasteiger partial charge in [-0.15, -0.1) is 0 Å². The van der Waals surface area contributed by atoms with E-state index in [-0.39, 0.29) is 5.69 Å². The van der Waals surface area contributed by atoms with Crippen molar-refractivity contribution < 1.29 is 14.3 Å². The molecule has 5 nitrogen and oxygen atoms in total. The van der Waals surface area contributed by atoms with Gasteiger partial charge in [-0.3, -0.25) is 0 Å². The smallest absolute Gasteiger partial charge is 0.362 e. The second-order valence-corrected chi connectivity index (χ2v) is 4.51. The van der Waals surface area contributed by atoms with Crippen molar-refractivity contribution in [3.8, 4) is 11.5 Å². The Morgan fingerprint density at radius 2 is 1.86 bits per heavy atom. The lowest BCUT2D eigenvalue weighted by Crippen LogP contribution is -2.10. The lowest BCUT2D eigenvalue weighted by Gasteiger charge is -2.07. The molecule has 0 aliphatic rings. The molecule has 1 aromatic carbocycles. The zero-order chi connectivity index (χ0) is 14.9. The SMILES string of the molecule is CCCCCOc1ccc(OC(=O)c2ccncn2)cc1. The number of hydrogen-bond donors (Lipinski definition) is 0. The molecule has 1 aromatic heterocycles. The number of rotatable bonds is 7. The Labute approximate surface area is 124 Å². The topological polar surface area (TPSA) is 61.3 Å². The monoisotopic (exact) mass is 286 g/mol. The zero-order valence-corrected chi connectivity index (χ0v) is 12.0. The van der Waals surface area contributed by atoms with E-state index in [1.807, 2.05) is 0 Å². The first-order chi connectivity index (χ1) is 10.3. The summed E-state index contributed by atoms with van der Waals surface area (Å²) in [5.41, 5.74) is 0.227. The largest absolute Gasteiger partial charge is 0.494 e. The molecule has 0 spiro atoms. The molecular weight excluding hydrogens is 268 g/mol. The van der Waals surface area contributed by atoms with E-state index in [9.17, 15) is 4.79 Å². The molecule has 0 fully saturated rings. The van der Waals surface area contributed by atoms with E-state index in [0.29, 0.717) is 12.4 Å². The maximum Gasteiger partial charge on any atom is 0.362 e. The van der Waals surface area contributed by atoms with Crippen LogP contribution in [0.2, 0.25) is 0 Å². The van der Waals surface area contributed by atoms with E-state index in [0.717, 1.165) is 18.6 Å². The normalized spacial score (nSPS) is 10.1. The van der Waals surface area contributed by atoms with Gasteiger partial charge in [-0.2, -0.15) is 0 Å². The summed E-state index contributed by atoms with van der Waals surface area (Å²) in [4.78, 5) is 19.4. The quantitative estimate of drug-likeness (QED) is 0.444. The number of esters is 1. The van der Waals surface area contributed by atoms with Gasteiger partial charge >= 0.3 is 5.97 Å². The average molecular weight is 286 g/mol. The number of nitrogens with zero attached hydrogens (tertiary/aromatic N) is 2. The molecule has 0 amide bonds. The number of benzene rings is 1. The third kappa shape index (κ3) is 4.87. The van der Waals surface area contributed by atoms with Crippen LogP contribution in [-0.2, 0) is 0 Å². The summed E-state index contributed by atoms with van der Waals surface area (Å²) in [6.07, 6.45) is 6.18. The van der Waals surface area contributed by atoms with Gasteiger partial charge in [0, 0.05) is 6.20 Å².